The number of carboxylic acid groups (broad SMARTS) is 1. The van der Waals surface area contributed by atoms with Crippen LogP contribution in [-0.4, -0.2) is 54.1 Å². The molecule has 1 aromatic rings. The molecule has 2 N–H and O–H groups in total. The third-order valence-electron chi connectivity index (χ3n) is 5.51. The van der Waals surface area contributed by atoms with Gasteiger partial charge in [0, 0.05) is 18.0 Å². The third-order valence-corrected chi connectivity index (χ3v) is 6.68. The molecule has 1 atom stereocenters. The Balaban J connectivity index is 1.81. The first kappa shape index (κ1) is 20.8. The number of thiophene rings is 1. The van der Waals surface area contributed by atoms with E-state index in [-0.39, 0.29) is 12.5 Å². The highest BCUT2D eigenvalue weighted by Gasteiger charge is 2.31. The Morgan fingerprint density at radius 1 is 1.21 bits per heavy atom. The van der Waals surface area contributed by atoms with E-state index < -0.39 is 18.5 Å². The Labute approximate surface area is 169 Å². The van der Waals surface area contributed by atoms with Gasteiger partial charge in [-0.05, 0) is 50.0 Å². The Bertz CT molecular complexity index is 739. The molecule has 1 aliphatic carbocycles. The SMILES string of the molecule is CCC1CCc2c(sc(NC(=O)COCC(=O)O)c2C(=O)N2CCCCC2)C1. The molecular formula is C20H28N2O5S. The summed E-state index contributed by atoms with van der Waals surface area (Å²) in [7, 11) is 0. The van der Waals surface area contributed by atoms with Gasteiger partial charge in [-0.2, -0.15) is 0 Å². The van der Waals surface area contributed by atoms with Gasteiger partial charge in [0.05, 0.1) is 5.56 Å². The van der Waals surface area contributed by atoms with Gasteiger partial charge in [0.15, 0.2) is 0 Å². The van der Waals surface area contributed by atoms with Gasteiger partial charge in [0.2, 0.25) is 0 Å². The molecule has 0 saturated carbocycles. The second-order valence-corrected chi connectivity index (χ2v) is 8.62. The summed E-state index contributed by atoms with van der Waals surface area (Å²) in [6.45, 7) is 2.84. The minimum Gasteiger partial charge on any atom is -0.480 e. The van der Waals surface area contributed by atoms with Crippen LogP contribution in [0.25, 0.3) is 0 Å². The summed E-state index contributed by atoms with van der Waals surface area (Å²) in [5.74, 6) is -0.925. The summed E-state index contributed by atoms with van der Waals surface area (Å²) < 4.78 is 4.88. The van der Waals surface area contributed by atoms with Crippen LogP contribution in [0.2, 0.25) is 0 Å². The molecule has 1 saturated heterocycles. The number of amides is 2. The minimum absolute atomic E-state index is 0.00824. The topological polar surface area (TPSA) is 95.9 Å². The molecule has 0 bridgehead atoms. The zero-order chi connectivity index (χ0) is 20.1. The summed E-state index contributed by atoms with van der Waals surface area (Å²) in [4.78, 5) is 39.1. The maximum absolute atomic E-state index is 13.3. The van der Waals surface area contributed by atoms with Gasteiger partial charge in [0.1, 0.15) is 18.2 Å². The van der Waals surface area contributed by atoms with E-state index in [2.05, 4.69) is 12.2 Å². The van der Waals surface area contributed by atoms with E-state index in [0.29, 0.717) is 16.5 Å². The molecule has 8 heteroatoms. The van der Waals surface area contributed by atoms with Crippen LogP contribution in [-0.2, 0) is 27.2 Å². The molecule has 1 fully saturated rings. The Hall–Kier alpha value is -1.93. The molecular weight excluding hydrogens is 380 g/mol. The van der Waals surface area contributed by atoms with E-state index in [0.717, 1.165) is 63.6 Å². The number of likely N-dealkylation sites (tertiary alicyclic amines) is 1. The highest BCUT2D eigenvalue weighted by molar-refractivity contribution is 7.17. The monoisotopic (exact) mass is 408 g/mol. The van der Waals surface area contributed by atoms with E-state index >= 15 is 0 Å². The van der Waals surface area contributed by atoms with Crippen molar-refractivity contribution in [2.24, 2.45) is 5.92 Å². The van der Waals surface area contributed by atoms with Crippen LogP contribution in [0.3, 0.4) is 0 Å². The number of nitrogens with one attached hydrogen (secondary N) is 1. The van der Waals surface area contributed by atoms with Crippen molar-refractivity contribution in [1.82, 2.24) is 4.90 Å². The standard InChI is InChI=1S/C20H28N2O5S/c1-2-13-6-7-14-15(10-13)28-19(21-16(23)11-27-12-17(24)25)18(14)20(26)22-8-4-3-5-9-22/h13H,2-12H2,1H3,(H,21,23)(H,24,25). The molecule has 1 aromatic heterocycles. The smallest absolute Gasteiger partial charge is 0.329 e. The normalized spacial score (nSPS) is 19.2. The van der Waals surface area contributed by atoms with Crippen molar-refractivity contribution < 1.29 is 24.2 Å². The first-order valence-corrected chi connectivity index (χ1v) is 10.8. The highest BCUT2D eigenvalue weighted by atomic mass is 32.1. The van der Waals surface area contributed by atoms with Crippen molar-refractivity contribution in [2.75, 3.05) is 31.6 Å². The van der Waals surface area contributed by atoms with Crippen LogP contribution < -0.4 is 5.32 Å². The van der Waals surface area contributed by atoms with E-state index in [4.69, 9.17) is 9.84 Å². The van der Waals surface area contributed by atoms with Crippen LogP contribution in [0.1, 0.15) is 59.8 Å². The molecule has 2 aliphatic rings. The Morgan fingerprint density at radius 2 is 1.96 bits per heavy atom. The van der Waals surface area contributed by atoms with Crippen LogP contribution >= 0.6 is 11.3 Å². The lowest BCUT2D eigenvalue weighted by Gasteiger charge is -2.28. The van der Waals surface area contributed by atoms with Crippen molar-refractivity contribution >= 4 is 34.1 Å². The van der Waals surface area contributed by atoms with E-state index in [1.54, 1.807) is 0 Å². The summed E-state index contributed by atoms with van der Waals surface area (Å²) >= 11 is 1.49. The molecule has 1 unspecified atom stereocenters. The molecule has 0 aromatic carbocycles. The number of hydrogen-bond acceptors (Lipinski definition) is 5. The van der Waals surface area contributed by atoms with Crippen LogP contribution in [0.15, 0.2) is 0 Å². The maximum Gasteiger partial charge on any atom is 0.329 e. The largest absolute Gasteiger partial charge is 0.480 e. The summed E-state index contributed by atoms with van der Waals surface area (Å²) in [5, 5.41) is 12.0. The lowest BCUT2D eigenvalue weighted by Crippen LogP contribution is -2.36. The fourth-order valence-corrected chi connectivity index (χ4v) is 5.34. The highest BCUT2D eigenvalue weighted by Crippen LogP contribution is 2.41. The Kier molecular flexibility index (Phi) is 7.07. The average Bonchev–Trinajstić information content (AvgIpc) is 3.04. The first-order chi connectivity index (χ1) is 13.5. The number of anilines is 1. The number of carbonyl (C=O) groups is 3. The molecule has 0 radical (unpaired) electrons. The van der Waals surface area contributed by atoms with Crippen molar-refractivity contribution in [3.8, 4) is 0 Å². The Morgan fingerprint density at radius 3 is 2.64 bits per heavy atom. The van der Waals surface area contributed by atoms with Gasteiger partial charge in [-0.15, -0.1) is 11.3 Å². The van der Waals surface area contributed by atoms with Crippen molar-refractivity contribution in [2.45, 2.75) is 51.9 Å². The maximum atomic E-state index is 13.3. The first-order valence-electron chi connectivity index (χ1n) is 10.0. The van der Waals surface area contributed by atoms with E-state index in [1.807, 2.05) is 4.90 Å². The number of carboxylic acids is 1. The summed E-state index contributed by atoms with van der Waals surface area (Å²) in [5.41, 5.74) is 1.73. The molecule has 1 aliphatic heterocycles. The van der Waals surface area contributed by atoms with Gasteiger partial charge >= 0.3 is 5.97 Å². The molecule has 0 spiro atoms. The predicted octanol–water partition coefficient (Wildman–Crippen LogP) is 2.93. The number of ether oxygens (including phenoxy) is 1. The summed E-state index contributed by atoms with van der Waals surface area (Å²) in [6.07, 6.45) is 7.16. The fourth-order valence-electron chi connectivity index (χ4n) is 3.97. The molecule has 2 amide bonds. The van der Waals surface area contributed by atoms with E-state index in [1.165, 1.54) is 16.2 Å². The second kappa shape index (κ2) is 9.52. The number of rotatable bonds is 7. The zero-order valence-corrected chi connectivity index (χ0v) is 17.1. The lowest BCUT2D eigenvalue weighted by molar-refractivity contribution is -0.143. The quantitative estimate of drug-likeness (QED) is 0.723. The van der Waals surface area contributed by atoms with Gasteiger partial charge in [-0.1, -0.05) is 13.3 Å². The van der Waals surface area contributed by atoms with Crippen LogP contribution in [0.5, 0.6) is 0 Å². The van der Waals surface area contributed by atoms with Gasteiger partial charge < -0.3 is 20.1 Å². The number of fused-ring (bicyclic) bond motifs is 1. The number of piperidine rings is 1. The third kappa shape index (κ3) is 4.91. The van der Waals surface area contributed by atoms with Gasteiger partial charge in [-0.3, -0.25) is 9.59 Å². The molecule has 154 valence electrons. The zero-order valence-electron chi connectivity index (χ0n) is 16.3. The lowest BCUT2D eigenvalue weighted by atomic mass is 9.85. The average molecular weight is 409 g/mol. The number of aliphatic carboxylic acids is 1. The van der Waals surface area contributed by atoms with E-state index in [9.17, 15) is 14.4 Å². The predicted molar refractivity (Wildman–Crippen MR) is 107 cm³/mol. The number of carbonyl (C=O) groups excluding carboxylic acids is 2. The van der Waals surface area contributed by atoms with Crippen LogP contribution in [0.4, 0.5) is 5.00 Å². The second-order valence-electron chi connectivity index (χ2n) is 7.51. The molecule has 28 heavy (non-hydrogen) atoms. The summed E-state index contributed by atoms with van der Waals surface area (Å²) in [6, 6.07) is 0. The van der Waals surface area contributed by atoms with Crippen LogP contribution in [0, 0.1) is 5.92 Å². The van der Waals surface area contributed by atoms with Crippen molar-refractivity contribution in [3.63, 3.8) is 0 Å². The number of nitrogens with zero attached hydrogens (tertiary/aromatic N) is 1. The minimum atomic E-state index is -1.12. The number of hydrogen-bond donors (Lipinski definition) is 2. The van der Waals surface area contributed by atoms with Crippen molar-refractivity contribution in [1.29, 1.82) is 0 Å². The van der Waals surface area contributed by atoms with Crippen molar-refractivity contribution in [3.05, 3.63) is 16.0 Å². The molecule has 3 rings (SSSR count). The molecule has 2 heterocycles. The fraction of sp³-hybridized carbons (Fsp3) is 0.650. The van der Waals surface area contributed by atoms with Gasteiger partial charge in [0.25, 0.3) is 11.8 Å². The van der Waals surface area contributed by atoms with Gasteiger partial charge in [-0.25, -0.2) is 4.79 Å². The molecule has 7 nitrogen and oxygen atoms in total.